The first-order chi connectivity index (χ1) is 8.15. The summed E-state index contributed by atoms with van der Waals surface area (Å²) in [5.74, 6) is 0.364. The van der Waals surface area contributed by atoms with Gasteiger partial charge in [-0.3, -0.25) is 4.79 Å². The summed E-state index contributed by atoms with van der Waals surface area (Å²) in [6.45, 7) is 3.86. The molecule has 0 aliphatic heterocycles. The summed E-state index contributed by atoms with van der Waals surface area (Å²) < 4.78 is 10.6. The Morgan fingerprint density at radius 2 is 2.00 bits per heavy atom. The lowest BCUT2D eigenvalue weighted by Gasteiger charge is -2.28. The second-order valence-corrected chi connectivity index (χ2v) is 3.79. The minimum Gasteiger partial charge on any atom is -0.494 e. The number of carbonyl (C=O) groups excluding carboxylic acids is 1. The first-order valence-corrected chi connectivity index (χ1v) is 5.74. The van der Waals surface area contributed by atoms with Crippen LogP contribution in [0.5, 0.6) is 5.75 Å². The Kier molecular flexibility index (Phi) is 4.63. The number of methoxy groups -OCH3 is 2. The molecule has 0 saturated heterocycles. The van der Waals surface area contributed by atoms with E-state index in [2.05, 4.69) is 4.98 Å². The van der Waals surface area contributed by atoms with Crippen LogP contribution in [0.25, 0.3) is 0 Å². The molecule has 0 aromatic carbocycles. The maximum Gasteiger partial charge on any atom is 0.216 e. The number of rotatable bonds is 6. The van der Waals surface area contributed by atoms with Crippen molar-refractivity contribution in [1.82, 2.24) is 4.98 Å². The molecule has 1 rings (SSSR count). The van der Waals surface area contributed by atoms with Crippen molar-refractivity contribution in [3.8, 4) is 5.75 Å². The molecule has 0 amide bonds. The van der Waals surface area contributed by atoms with Gasteiger partial charge in [-0.15, -0.1) is 0 Å². The van der Waals surface area contributed by atoms with Crippen molar-refractivity contribution < 1.29 is 14.3 Å². The minimum atomic E-state index is -0.804. The van der Waals surface area contributed by atoms with Gasteiger partial charge in [-0.2, -0.15) is 0 Å². The molecule has 0 unspecified atom stereocenters. The van der Waals surface area contributed by atoms with Gasteiger partial charge in [0.25, 0.3) is 0 Å². The summed E-state index contributed by atoms with van der Waals surface area (Å²) >= 11 is 0. The number of hydrogen-bond acceptors (Lipinski definition) is 4. The lowest BCUT2D eigenvalue weighted by atomic mass is 9.89. The van der Waals surface area contributed by atoms with E-state index in [1.165, 1.54) is 7.11 Å². The molecule has 1 heterocycles. The fraction of sp³-hybridized carbons (Fsp3) is 0.538. The zero-order valence-electron chi connectivity index (χ0n) is 10.8. The van der Waals surface area contributed by atoms with Gasteiger partial charge in [0, 0.05) is 13.3 Å². The summed E-state index contributed by atoms with van der Waals surface area (Å²) in [7, 11) is 3.08. The summed E-state index contributed by atoms with van der Waals surface area (Å²) in [5.41, 5.74) is -0.470. The molecule has 94 valence electrons. The normalized spacial score (nSPS) is 11.3. The van der Waals surface area contributed by atoms with E-state index in [4.69, 9.17) is 9.47 Å². The number of ketones is 1. The number of aromatic nitrogens is 1. The molecule has 0 bridgehead atoms. The molecule has 0 spiro atoms. The molecule has 0 atom stereocenters. The molecule has 4 heteroatoms. The second-order valence-electron chi connectivity index (χ2n) is 3.79. The van der Waals surface area contributed by atoms with Crippen molar-refractivity contribution in [3.05, 3.63) is 24.0 Å². The highest BCUT2D eigenvalue weighted by Crippen LogP contribution is 2.28. The number of carbonyl (C=O) groups is 1. The number of hydrogen-bond donors (Lipinski definition) is 0. The summed E-state index contributed by atoms with van der Waals surface area (Å²) in [6, 6.07) is 3.47. The molecule has 0 aliphatic rings. The Morgan fingerprint density at radius 3 is 2.47 bits per heavy atom. The standard InChI is InChI=1S/C13H19NO3/c1-5-13(6-2,17-4)12(15)11-10(16-3)8-7-9-14-11/h7-9H,5-6H2,1-4H3. The third kappa shape index (κ3) is 2.47. The van der Waals surface area contributed by atoms with Crippen LogP contribution in [-0.4, -0.2) is 30.6 Å². The van der Waals surface area contributed by atoms with Gasteiger partial charge in [-0.05, 0) is 25.0 Å². The van der Waals surface area contributed by atoms with Crippen LogP contribution in [-0.2, 0) is 4.74 Å². The number of ether oxygens (including phenoxy) is 2. The van der Waals surface area contributed by atoms with Crippen LogP contribution in [0.1, 0.15) is 37.2 Å². The molecular weight excluding hydrogens is 218 g/mol. The van der Waals surface area contributed by atoms with E-state index in [9.17, 15) is 4.79 Å². The monoisotopic (exact) mass is 237 g/mol. The van der Waals surface area contributed by atoms with Crippen LogP contribution in [0.15, 0.2) is 18.3 Å². The largest absolute Gasteiger partial charge is 0.494 e. The summed E-state index contributed by atoms with van der Waals surface area (Å²) in [6.07, 6.45) is 2.80. The van der Waals surface area contributed by atoms with Gasteiger partial charge >= 0.3 is 0 Å². The Balaban J connectivity index is 3.18. The molecule has 17 heavy (non-hydrogen) atoms. The van der Waals surface area contributed by atoms with Crippen LogP contribution in [0, 0.1) is 0 Å². The third-order valence-electron chi connectivity index (χ3n) is 3.15. The molecule has 4 nitrogen and oxygen atoms in total. The quantitative estimate of drug-likeness (QED) is 0.713. The zero-order valence-corrected chi connectivity index (χ0v) is 10.8. The van der Waals surface area contributed by atoms with Crippen LogP contribution in [0.3, 0.4) is 0 Å². The van der Waals surface area contributed by atoms with E-state index < -0.39 is 5.60 Å². The van der Waals surface area contributed by atoms with Gasteiger partial charge in [0.05, 0.1) is 7.11 Å². The molecule has 0 N–H and O–H groups in total. The fourth-order valence-electron chi connectivity index (χ4n) is 1.89. The predicted octanol–water partition coefficient (Wildman–Crippen LogP) is 2.48. The van der Waals surface area contributed by atoms with Crippen LogP contribution in [0.4, 0.5) is 0 Å². The molecule has 0 saturated carbocycles. The van der Waals surface area contributed by atoms with Crippen LogP contribution in [0.2, 0.25) is 0 Å². The first-order valence-electron chi connectivity index (χ1n) is 5.74. The SMILES string of the molecule is CCC(CC)(OC)C(=O)c1ncccc1OC. The lowest BCUT2D eigenvalue weighted by Crippen LogP contribution is -2.40. The van der Waals surface area contributed by atoms with Gasteiger partial charge in [-0.1, -0.05) is 13.8 Å². The number of nitrogens with zero attached hydrogens (tertiary/aromatic N) is 1. The van der Waals surface area contributed by atoms with Crippen molar-refractivity contribution >= 4 is 5.78 Å². The molecule has 0 radical (unpaired) electrons. The van der Waals surface area contributed by atoms with Crippen molar-refractivity contribution in [2.75, 3.05) is 14.2 Å². The van der Waals surface area contributed by atoms with Crippen molar-refractivity contribution in [1.29, 1.82) is 0 Å². The fourth-order valence-corrected chi connectivity index (χ4v) is 1.89. The van der Waals surface area contributed by atoms with E-state index in [1.54, 1.807) is 25.4 Å². The maximum atomic E-state index is 12.5. The summed E-state index contributed by atoms with van der Waals surface area (Å²) in [5, 5.41) is 0. The van der Waals surface area contributed by atoms with Crippen LogP contribution < -0.4 is 4.74 Å². The molecular formula is C13H19NO3. The van der Waals surface area contributed by atoms with Crippen molar-refractivity contribution in [2.24, 2.45) is 0 Å². The Labute approximate surface area is 102 Å². The highest BCUT2D eigenvalue weighted by Gasteiger charge is 2.37. The Bertz CT molecular complexity index is 378. The van der Waals surface area contributed by atoms with E-state index in [0.29, 0.717) is 24.3 Å². The van der Waals surface area contributed by atoms with Gasteiger partial charge in [0.15, 0.2) is 5.69 Å². The Hall–Kier alpha value is -1.42. The van der Waals surface area contributed by atoms with Crippen molar-refractivity contribution in [2.45, 2.75) is 32.3 Å². The highest BCUT2D eigenvalue weighted by molar-refractivity contribution is 6.02. The molecule has 0 aliphatic carbocycles. The average molecular weight is 237 g/mol. The summed E-state index contributed by atoms with van der Waals surface area (Å²) in [4.78, 5) is 16.6. The van der Waals surface area contributed by atoms with E-state index in [-0.39, 0.29) is 5.78 Å². The Morgan fingerprint density at radius 1 is 1.35 bits per heavy atom. The van der Waals surface area contributed by atoms with Gasteiger partial charge < -0.3 is 9.47 Å². The topological polar surface area (TPSA) is 48.4 Å². The van der Waals surface area contributed by atoms with Crippen molar-refractivity contribution in [3.63, 3.8) is 0 Å². The predicted molar refractivity (Wildman–Crippen MR) is 65.4 cm³/mol. The number of pyridine rings is 1. The second kappa shape index (κ2) is 5.77. The molecule has 1 aromatic rings. The highest BCUT2D eigenvalue weighted by atomic mass is 16.5. The van der Waals surface area contributed by atoms with Gasteiger partial charge in [0.1, 0.15) is 11.4 Å². The van der Waals surface area contributed by atoms with Crippen LogP contribution >= 0.6 is 0 Å². The minimum absolute atomic E-state index is 0.123. The first kappa shape index (κ1) is 13.6. The number of Topliss-reactive ketones (excluding diaryl/α,β-unsaturated/α-hetero) is 1. The lowest BCUT2D eigenvalue weighted by molar-refractivity contribution is -0.00323. The van der Waals surface area contributed by atoms with Gasteiger partial charge in [-0.25, -0.2) is 4.98 Å². The average Bonchev–Trinajstić information content (AvgIpc) is 2.41. The smallest absolute Gasteiger partial charge is 0.216 e. The zero-order chi connectivity index (χ0) is 12.9. The third-order valence-corrected chi connectivity index (χ3v) is 3.15. The van der Waals surface area contributed by atoms with E-state index in [1.807, 2.05) is 13.8 Å². The maximum absolute atomic E-state index is 12.5. The van der Waals surface area contributed by atoms with E-state index >= 15 is 0 Å². The van der Waals surface area contributed by atoms with Gasteiger partial charge in [0.2, 0.25) is 5.78 Å². The molecule has 1 aromatic heterocycles. The van der Waals surface area contributed by atoms with E-state index in [0.717, 1.165) is 0 Å². The molecule has 0 fully saturated rings.